The van der Waals surface area contributed by atoms with Crippen LogP contribution in [0, 0.1) is 11.8 Å². The molecule has 8 nitrogen and oxygen atoms in total. The summed E-state index contributed by atoms with van der Waals surface area (Å²) in [6.07, 6.45) is 4.59. The predicted molar refractivity (Wildman–Crippen MR) is 102 cm³/mol. The lowest BCUT2D eigenvalue weighted by molar-refractivity contribution is -0.196. The number of carboxylic acids is 2. The number of rotatable bonds is 13. The highest BCUT2D eigenvalue weighted by molar-refractivity contribution is 5.85. The number of hydrogen-bond donors (Lipinski definition) is 2. The molecule has 2 N–H and O–H groups in total. The van der Waals surface area contributed by atoms with Crippen molar-refractivity contribution in [3.8, 4) is 0 Å². The standard InChI is InChI=1S/C21H32O8/c22-14(5-1-2-6-19(24)25)8-9-15-16(10-11-20(26)27)18(13-17(15)23)29-21-7-3-4-12-28-21/h15-16,18,21H,1-13H2,(H,24,25)(H,26,27)/t15-,16-,18+,21?/m1/s1. The molecule has 0 spiro atoms. The molecule has 4 atom stereocenters. The van der Waals surface area contributed by atoms with Crippen molar-refractivity contribution in [1.82, 2.24) is 0 Å². The van der Waals surface area contributed by atoms with Crippen LogP contribution in [0.4, 0.5) is 0 Å². The molecule has 0 aromatic carbocycles. The molecule has 0 amide bonds. The van der Waals surface area contributed by atoms with Crippen molar-refractivity contribution >= 4 is 23.5 Å². The highest BCUT2D eigenvalue weighted by Gasteiger charge is 2.43. The van der Waals surface area contributed by atoms with Crippen molar-refractivity contribution in [2.45, 2.75) is 89.4 Å². The third-order valence-corrected chi connectivity index (χ3v) is 5.80. The van der Waals surface area contributed by atoms with Crippen molar-refractivity contribution in [3.63, 3.8) is 0 Å². The molecule has 0 bridgehead atoms. The molecule has 1 saturated carbocycles. The molecule has 1 unspecified atom stereocenters. The summed E-state index contributed by atoms with van der Waals surface area (Å²) >= 11 is 0. The first-order valence-electron chi connectivity index (χ1n) is 10.6. The third kappa shape index (κ3) is 8.22. The minimum Gasteiger partial charge on any atom is -0.481 e. The summed E-state index contributed by atoms with van der Waals surface area (Å²) in [6.45, 7) is 0.630. The third-order valence-electron chi connectivity index (χ3n) is 5.80. The monoisotopic (exact) mass is 412 g/mol. The van der Waals surface area contributed by atoms with Gasteiger partial charge in [0.15, 0.2) is 6.29 Å². The molecular weight excluding hydrogens is 380 g/mol. The fourth-order valence-corrected chi connectivity index (χ4v) is 4.25. The number of unbranched alkanes of at least 4 members (excludes halogenated alkanes) is 1. The van der Waals surface area contributed by atoms with Crippen molar-refractivity contribution < 1.29 is 38.9 Å². The van der Waals surface area contributed by atoms with Gasteiger partial charge in [-0.25, -0.2) is 0 Å². The molecule has 0 aromatic rings. The fraction of sp³-hybridized carbons (Fsp3) is 0.810. The molecule has 1 heterocycles. The quantitative estimate of drug-likeness (QED) is 0.442. The molecule has 1 aliphatic carbocycles. The summed E-state index contributed by atoms with van der Waals surface area (Å²) in [5.41, 5.74) is 0. The summed E-state index contributed by atoms with van der Waals surface area (Å²) in [4.78, 5) is 46.3. The highest BCUT2D eigenvalue weighted by Crippen LogP contribution is 2.39. The summed E-state index contributed by atoms with van der Waals surface area (Å²) < 4.78 is 11.6. The second kappa shape index (κ2) is 12.0. The molecule has 0 radical (unpaired) electrons. The van der Waals surface area contributed by atoms with Gasteiger partial charge in [0, 0.05) is 44.6 Å². The van der Waals surface area contributed by atoms with E-state index >= 15 is 0 Å². The second-order valence-electron chi connectivity index (χ2n) is 8.02. The maximum Gasteiger partial charge on any atom is 0.303 e. The van der Waals surface area contributed by atoms with Gasteiger partial charge in [0.25, 0.3) is 0 Å². The number of hydrogen-bond acceptors (Lipinski definition) is 6. The lowest BCUT2D eigenvalue weighted by Gasteiger charge is -2.29. The molecule has 164 valence electrons. The lowest BCUT2D eigenvalue weighted by Crippen LogP contribution is -2.31. The van der Waals surface area contributed by atoms with Crippen molar-refractivity contribution in [3.05, 3.63) is 0 Å². The van der Waals surface area contributed by atoms with Crippen LogP contribution in [0.3, 0.4) is 0 Å². The normalized spacial score (nSPS) is 27.1. The Balaban J connectivity index is 1.87. The average Bonchev–Trinajstić information content (AvgIpc) is 2.96. The zero-order valence-corrected chi connectivity index (χ0v) is 16.8. The molecule has 8 heteroatoms. The van der Waals surface area contributed by atoms with E-state index in [2.05, 4.69) is 0 Å². The van der Waals surface area contributed by atoms with Gasteiger partial charge in [-0.2, -0.15) is 0 Å². The Kier molecular flexibility index (Phi) is 9.73. The first kappa shape index (κ1) is 23.5. The van der Waals surface area contributed by atoms with Gasteiger partial charge in [-0.05, 0) is 50.9 Å². The van der Waals surface area contributed by atoms with Gasteiger partial charge < -0.3 is 19.7 Å². The zero-order chi connectivity index (χ0) is 21.2. The van der Waals surface area contributed by atoms with Crippen LogP contribution < -0.4 is 0 Å². The maximum atomic E-state index is 12.6. The number of carboxylic acid groups (broad SMARTS) is 2. The second-order valence-corrected chi connectivity index (χ2v) is 8.02. The number of ether oxygens (including phenoxy) is 2. The predicted octanol–water partition coefficient (Wildman–Crippen LogP) is 2.96. The number of Topliss-reactive ketones (excluding diaryl/α,β-unsaturated/α-hetero) is 2. The van der Waals surface area contributed by atoms with Crippen LogP contribution in [0.25, 0.3) is 0 Å². The lowest BCUT2D eigenvalue weighted by atomic mass is 9.85. The highest BCUT2D eigenvalue weighted by atomic mass is 16.7. The Morgan fingerprint density at radius 1 is 0.966 bits per heavy atom. The van der Waals surface area contributed by atoms with Crippen LogP contribution in [0.2, 0.25) is 0 Å². The molecule has 2 rings (SSSR count). The maximum absolute atomic E-state index is 12.6. The van der Waals surface area contributed by atoms with E-state index in [1.54, 1.807) is 0 Å². The molecular formula is C21H32O8. The van der Waals surface area contributed by atoms with Crippen LogP contribution in [-0.2, 0) is 28.7 Å². The Morgan fingerprint density at radius 3 is 2.34 bits per heavy atom. The molecule has 2 aliphatic rings. The number of carbonyl (C=O) groups excluding carboxylic acids is 2. The minimum absolute atomic E-state index is 0.0140. The smallest absolute Gasteiger partial charge is 0.303 e. The Hall–Kier alpha value is -1.80. The first-order valence-corrected chi connectivity index (χ1v) is 10.6. The van der Waals surface area contributed by atoms with Gasteiger partial charge in [-0.15, -0.1) is 0 Å². The van der Waals surface area contributed by atoms with E-state index in [0.29, 0.717) is 38.7 Å². The minimum atomic E-state index is -0.912. The van der Waals surface area contributed by atoms with Gasteiger partial charge in [0.2, 0.25) is 0 Å². The number of ketones is 2. The fourth-order valence-electron chi connectivity index (χ4n) is 4.25. The van der Waals surface area contributed by atoms with E-state index in [-0.39, 0.29) is 61.5 Å². The van der Waals surface area contributed by atoms with Gasteiger partial charge in [-0.3, -0.25) is 19.2 Å². The summed E-state index contributed by atoms with van der Waals surface area (Å²) in [5, 5.41) is 17.7. The summed E-state index contributed by atoms with van der Waals surface area (Å²) in [6, 6.07) is 0. The van der Waals surface area contributed by atoms with Crippen LogP contribution in [0.5, 0.6) is 0 Å². The van der Waals surface area contributed by atoms with Crippen molar-refractivity contribution in [2.24, 2.45) is 11.8 Å². The average molecular weight is 412 g/mol. The van der Waals surface area contributed by atoms with E-state index < -0.39 is 11.9 Å². The van der Waals surface area contributed by atoms with Crippen LogP contribution in [0.15, 0.2) is 0 Å². The van der Waals surface area contributed by atoms with E-state index in [9.17, 15) is 19.2 Å². The Bertz CT molecular complexity index is 581. The summed E-state index contributed by atoms with van der Waals surface area (Å²) in [7, 11) is 0. The van der Waals surface area contributed by atoms with Crippen LogP contribution >= 0.6 is 0 Å². The van der Waals surface area contributed by atoms with E-state index in [1.165, 1.54) is 0 Å². The molecule has 1 saturated heterocycles. The molecule has 29 heavy (non-hydrogen) atoms. The Labute approximate surface area is 170 Å². The van der Waals surface area contributed by atoms with Crippen LogP contribution in [0.1, 0.15) is 77.0 Å². The van der Waals surface area contributed by atoms with Gasteiger partial charge in [0.1, 0.15) is 11.6 Å². The SMILES string of the molecule is O=C(O)CCCCC(=O)CC[C@H]1C(=O)C[C@H](OC2CCCCO2)[C@@H]1CCC(=O)O. The van der Waals surface area contributed by atoms with Crippen molar-refractivity contribution in [2.75, 3.05) is 6.61 Å². The zero-order valence-electron chi connectivity index (χ0n) is 16.8. The van der Waals surface area contributed by atoms with Gasteiger partial charge >= 0.3 is 11.9 Å². The van der Waals surface area contributed by atoms with E-state index in [0.717, 1.165) is 19.3 Å². The largest absolute Gasteiger partial charge is 0.481 e. The molecule has 1 aliphatic heterocycles. The molecule has 0 aromatic heterocycles. The van der Waals surface area contributed by atoms with Gasteiger partial charge in [-0.1, -0.05) is 0 Å². The number of carbonyl (C=O) groups is 4. The van der Waals surface area contributed by atoms with Gasteiger partial charge in [0.05, 0.1) is 6.10 Å². The summed E-state index contributed by atoms with van der Waals surface area (Å²) in [5.74, 6) is -2.33. The first-order chi connectivity index (χ1) is 13.9. The van der Waals surface area contributed by atoms with Crippen molar-refractivity contribution in [1.29, 1.82) is 0 Å². The van der Waals surface area contributed by atoms with E-state index in [4.69, 9.17) is 19.7 Å². The van der Waals surface area contributed by atoms with E-state index in [1.807, 2.05) is 0 Å². The molecule has 2 fully saturated rings. The topological polar surface area (TPSA) is 127 Å². The number of aliphatic carboxylic acids is 2. The van der Waals surface area contributed by atoms with Crippen LogP contribution in [-0.4, -0.2) is 52.7 Å². The Morgan fingerprint density at radius 2 is 1.69 bits per heavy atom.